The number of benzene rings is 2. The van der Waals surface area contributed by atoms with Gasteiger partial charge in [0.2, 0.25) is 10.0 Å². The summed E-state index contributed by atoms with van der Waals surface area (Å²) >= 11 is 0. The number of esters is 1. The lowest BCUT2D eigenvalue weighted by Crippen LogP contribution is -2.37. The van der Waals surface area contributed by atoms with Crippen LogP contribution < -0.4 is 4.72 Å². The van der Waals surface area contributed by atoms with E-state index in [9.17, 15) is 18.3 Å². The van der Waals surface area contributed by atoms with Gasteiger partial charge in [-0.05, 0) is 43.5 Å². The van der Waals surface area contributed by atoms with Gasteiger partial charge in [-0.1, -0.05) is 36.4 Å². The summed E-state index contributed by atoms with van der Waals surface area (Å²) < 4.78 is 32.6. The van der Waals surface area contributed by atoms with Crippen LogP contribution in [0, 0.1) is 0 Å². The molecule has 6 nitrogen and oxygen atoms in total. The maximum absolute atomic E-state index is 12.6. The summed E-state index contributed by atoms with van der Waals surface area (Å²) in [6, 6.07) is 14.4. The molecule has 0 aliphatic rings. The molecular formula is C19H23NO5S. The zero-order valence-corrected chi connectivity index (χ0v) is 15.4. The molecule has 7 heteroatoms. The van der Waals surface area contributed by atoms with Crippen LogP contribution in [0.15, 0.2) is 59.5 Å². The van der Waals surface area contributed by atoms with E-state index in [-0.39, 0.29) is 23.7 Å². The molecule has 2 aromatic rings. The Bertz CT molecular complexity index is 821. The van der Waals surface area contributed by atoms with E-state index < -0.39 is 22.0 Å². The molecular weight excluding hydrogens is 354 g/mol. The van der Waals surface area contributed by atoms with E-state index in [0.29, 0.717) is 12.8 Å². The van der Waals surface area contributed by atoms with E-state index in [1.54, 1.807) is 6.92 Å². The zero-order chi connectivity index (χ0) is 19.0. The highest BCUT2D eigenvalue weighted by molar-refractivity contribution is 7.89. The molecule has 0 bridgehead atoms. The number of aromatic hydroxyl groups is 1. The second-order valence-corrected chi connectivity index (χ2v) is 7.56. The minimum absolute atomic E-state index is 0.0499. The number of aryl methyl sites for hydroxylation is 1. The molecule has 1 unspecified atom stereocenters. The SMILES string of the molecule is CCOC(=O)CC(CCc1ccccc1)NS(=O)(=O)c1cccc(O)c1. The molecule has 0 aromatic heterocycles. The van der Waals surface area contributed by atoms with Crippen molar-refractivity contribution >= 4 is 16.0 Å². The third-order valence-corrected chi connectivity index (χ3v) is 5.31. The van der Waals surface area contributed by atoms with Gasteiger partial charge in [0.15, 0.2) is 0 Å². The zero-order valence-electron chi connectivity index (χ0n) is 14.6. The molecule has 2 aromatic carbocycles. The molecule has 0 saturated heterocycles. The number of phenolic OH excluding ortho intramolecular Hbond substituents is 1. The van der Waals surface area contributed by atoms with Gasteiger partial charge < -0.3 is 9.84 Å². The molecule has 0 amide bonds. The van der Waals surface area contributed by atoms with Gasteiger partial charge in [0.25, 0.3) is 0 Å². The molecule has 1 atom stereocenters. The number of rotatable bonds is 9. The molecule has 140 valence electrons. The lowest BCUT2D eigenvalue weighted by molar-refractivity contribution is -0.143. The summed E-state index contributed by atoms with van der Waals surface area (Å²) in [5.41, 5.74) is 1.05. The smallest absolute Gasteiger partial charge is 0.307 e. The van der Waals surface area contributed by atoms with Gasteiger partial charge in [0.05, 0.1) is 17.9 Å². The minimum Gasteiger partial charge on any atom is -0.508 e. The third-order valence-electron chi connectivity index (χ3n) is 3.79. The van der Waals surface area contributed by atoms with Gasteiger partial charge in [0, 0.05) is 6.04 Å². The Kier molecular flexibility index (Phi) is 7.17. The Morgan fingerprint density at radius 3 is 2.54 bits per heavy atom. The Balaban J connectivity index is 2.12. The fourth-order valence-electron chi connectivity index (χ4n) is 2.55. The summed E-state index contributed by atoms with van der Waals surface area (Å²) in [5, 5.41) is 9.51. The second kappa shape index (κ2) is 9.35. The predicted molar refractivity (Wildman–Crippen MR) is 98.2 cm³/mol. The molecule has 0 aliphatic heterocycles. The Labute approximate surface area is 153 Å². The fourth-order valence-corrected chi connectivity index (χ4v) is 3.86. The largest absolute Gasteiger partial charge is 0.508 e. The molecule has 26 heavy (non-hydrogen) atoms. The van der Waals surface area contributed by atoms with E-state index in [4.69, 9.17) is 4.74 Å². The second-order valence-electron chi connectivity index (χ2n) is 5.85. The van der Waals surface area contributed by atoms with Gasteiger partial charge in [-0.3, -0.25) is 4.79 Å². The average Bonchev–Trinajstić information content (AvgIpc) is 2.60. The molecule has 0 saturated carbocycles. The average molecular weight is 377 g/mol. The van der Waals surface area contributed by atoms with Crippen LogP contribution in [0.25, 0.3) is 0 Å². The topological polar surface area (TPSA) is 92.7 Å². The van der Waals surface area contributed by atoms with Crippen LogP contribution in [0.5, 0.6) is 5.75 Å². The molecule has 0 spiro atoms. The first-order valence-electron chi connectivity index (χ1n) is 8.41. The van der Waals surface area contributed by atoms with E-state index in [2.05, 4.69) is 4.72 Å². The summed E-state index contributed by atoms with van der Waals surface area (Å²) in [5.74, 6) is -0.594. The molecule has 2 rings (SSSR count). The Morgan fingerprint density at radius 1 is 1.15 bits per heavy atom. The summed E-state index contributed by atoms with van der Waals surface area (Å²) in [6.07, 6.45) is 1.01. The predicted octanol–water partition coefficient (Wildman–Crippen LogP) is 2.63. The van der Waals surface area contributed by atoms with E-state index in [0.717, 1.165) is 5.56 Å². The van der Waals surface area contributed by atoms with Crippen LogP contribution in [0.3, 0.4) is 0 Å². The lowest BCUT2D eigenvalue weighted by Gasteiger charge is -2.18. The van der Waals surface area contributed by atoms with Gasteiger partial charge in [-0.2, -0.15) is 0 Å². The van der Waals surface area contributed by atoms with Crippen molar-refractivity contribution in [2.45, 2.75) is 37.1 Å². The van der Waals surface area contributed by atoms with Gasteiger partial charge >= 0.3 is 5.97 Å². The number of hydrogen-bond acceptors (Lipinski definition) is 5. The highest BCUT2D eigenvalue weighted by Crippen LogP contribution is 2.18. The van der Waals surface area contributed by atoms with Crippen molar-refractivity contribution in [2.75, 3.05) is 6.61 Å². The number of carbonyl (C=O) groups is 1. The van der Waals surface area contributed by atoms with E-state index in [1.165, 1.54) is 24.3 Å². The number of nitrogens with one attached hydrogen (secondary N) is 1. The summed E-state index contributed by atoms with van der Waals surface area (Å²) in [7, 11) is -3.86. The van der Waals surface area contributed by atoms with Crippen molar-refractivity contribution in [3.63, 3.8) is 0 Å². The highest BCUT2D eigenvalue weighted by atomic mass is 32.2. The van der Waals surface area contributed by atoms with Gasteiger partial charge in [-0.25, -0.2) is 13.1 Å². The Hall–Kier alpha value is -2.38. The maximum Gasteiger partial charge on any atom is 0.307 e. The van der Waals surface area contributed by atoms with Crippen LogP contribution in [0.2, 0.25) is 0 Å². The van der Waals surface area contributed by atoms with Crippen LogP contribution >= 0.6 is 0 Å². The minimum atomic E-state index is -3.86. The van der Waals surface area contributed by atoms with Crippen LogP contribution in [-0.2, 0) is 26.0 Å². The molecule has 2 N–H and O–H groups in total. The third kappa shape index (κ3) is 6.16. The van der Waals surface area contributed by atoms with Gasteiger partial charge in [-0.15, -0.1) is 0 Å². The monoisotopic (exact) mass is 377 g/mol. The quantitative estimate of drug-likeness (QED) is 0.656. The maximum atomic E-state index is 12.6. The van der Waals surface area contributed by atoms with E-state index in [1.807, 2.05) is 30.3 Å². The summed E-state index contributed by atoms with van der Waals surface area (Å²) in [6.45, 7) is 1.94. The standard InChI is InChI=1S/C19H23NO5S/c1-2-25-19(22)13-16(12-11-15-7-4-3-5-8-15)20-26(23,24)18-10-6-9-17(21)14-18/h3-10,14,16,20-21H,2,11-13H2,1H3. The van der Waals surface area contributed by atoms with Crippen molar-refractivity contribution in [1.29, 1.82) is 0 Å². The molecule has 0 radical (unpaired) electrons. The summed E-state index contributed by atoms with van der Waals surface area (Å²) in [4.78, 5) is 11.8. The first kappa shape index (κ1) is 19.9. The molecule has 0 heterocycles. The normalized spacial score (nSPS) is 12.5. The van der Waals surface area contributed by atoms with Crippen molar-refractivity contribution in [3.05, 3.63) is 60.2 Å². The van der Waals surface area contributed by atoms with Crippen LogP contribution in [0.1, 0.15) is 25.3 Å². The first-order chi connectivity index (χ1) is 12.4. The lowest BCUT2D eigenvalue weighted by atomic mass is 10.0. The molecule has 0 fully saturated rings. The van der Waals surface area contributed by atoms with Gasteiger partial charge in [0.1, 0.15) is 5.75 Å². The van der Waals surface area contributed by atoms with Crippen molar-refractivity contribution < 1.29 is 23.1 Å². The van der Waals surface area contributed by atoms with Crippen molar-refractivity contribution in [3.8, 4) is 5.75 Å². The highest BCUT2D eigenvalue weighted by Gasteiger charge is 2.23. The number of hydrogen-bond donors (Lipinski definition) is 2. The van der Waals surface area contributed by atoms with Crippen molar-refractivity contribution in [2.24, 2.45) is 0 Å². The van der Waals surface area contributed by atoms with Crippen molar-refractivity contribution in [1.82, 2.24) is 4.72 Å². The number of ether oxygens (including phenoxy) is 1. The number of phenols is 1. The fraction of sp³-hybridized carbons (Fsp3) is 0.316. The Morgan fingerprint density at radius 2 is 1.88 bits per heavy atom. The first-order valence-corrected chi connectivity index (χ1v) is 9.90. The van der Waals surface area contributed by atoms with Crippen LogP contribution in [-0.4, -0.2) is 32.1 Å². The molecule has 0 aliphatic carbocycles. The number of sulfonamides is 1. The number of carbonyl (C=O) groups excluding carboxylic acids is 1. The van der Waals surface area contributed by atoms with E-state index >= 15 is 0 Å². The van der Waals surface area contributed by atoms with Crippen LogP contribution in [0.4, 0.5) is 0 Å².